The molecule has 31 heavy (non-hydrogen) atoms. The molecule has 4 rings (SSSR count). The topological polar surface area (TPSA) is 39.1 Å². The molecule has 5 nitrogen and oxygen atoms in total. The van der Waals surface area contributed by atoms with Gasteiger partial charge in [0.25, 0.3) is 5.91 Å². The van der Waals surface area contributed by atoms with Gasteiger partial charge >= 0.3 is 0 Å². The van der Waals surface area contributed by atoms with Gasteiger partial charge in [-0.05, 0) is 68.4 Å². The van der Waals surface area contributed by atoms with Crippen molar-refractivity contribution in [2.45, 2.75) is 20.8 Å². The highest BCUT2D eigenvalue weighted by molar-refractivity contribution is 8.18. The van der Waals surface area contributed by atoms with Crippen molar-refractivity contribution in [1.29, 1.82) is 0 Å². The van der Waals surface area contributed by atoms with Crippen molar-refractivity contribution in [3.63, 3.8) is 0 Å². The Bertz CT molecular complexity index is 970. The van der Waals surface area contributed by atoms with Gasteiger partial charge in [0.05, 0.1) is 4.91 Å². The number of thioether (sulfide) groups is 1. The van der Waals surface area contributed by atoms with Gasteiger partial charge in [0.15, 0.2) is 5.17 Å². The Morgan fingerprint density at radius 1 is 0.935 bits per heavy atom. The van der Waals surface area contributed by atoms with Gasteiger partial charge in [-0.1, -0.05) is 29.8 Å². The third kappa shape index (κ3) is 4.96. The number of anilines is 2. The predicted octanol–water partition coefficient (Wildman–Crippen LogP) is 4.63. The number of benzene rings is 2. The third-order valence-corrected chi connectivity index (χ3v) is 6.92. The Morgan fingerprint density at radius 3 is 2.16 bits per heavy atom. The zero-order valence-electron chi connectivity index (χ0n) is 18.5. The maximum Gasteiger partial charge on any atom is 0.286 e. The lowest BCUT2D eigenvalue weighted by molar-refractivity contribution is -0.113. The number of nitrogens with zero attached hydrogens (tertiary/aromatic N) is 4. The summed E-state index contributed by atoms with van der Waals surface area (Å²) in [5.41, 5.74) is 4.78. The van der Waals surface area contributed by atoms with Crippen LogP contribution in [-0.2, 0) is 4.79 Å². The van der Waals surface area contributed by atoms with E-state index in [1.165, 1.54) is 28.7 Å². The van der Waals surface area contributed by atoms with Crippen molar-refractivity contribution in [2.75, 3.05) is 49.1 Å². The minimum Gasteiger partial charge on any atom is -0.372 e. The Labute approximate surface area is 189 Å². The molecule has 0 aromatic heterocycles. The zero-order chi connectivity index (χ0) is 21.8. The highest BCUT2D eigenvalue weighted by Gasteiger charge is 2.28. The summed E-state index contributed by atoms with van der Waals surface area (Å²) in [6.07, 6.45) is 1.96. The van der Waals surface area contributed by atoms with Gasteiger partial charge in [0.2, 0.25) is 0 Å². The molecular weight excluding hydrogens is 404 g/mol. The molecular formula is C25H30N4OS. The highest BCUT2D eigenvalue weighted by atomic mass is 32.2. The molecule has 1 saturated heterocycles. The highest BCUT2D eigenvalue weighted by Crippen LogP contribution is 2.31. The summed E-state index contributed by atoms with van der Waals surface area (Å²) in [5, 5.41) is 0.833. The maximum atomic E-state index is 12.5. The van der Waals surface area contributed by atoms with Crippen LogP contribution < -0.4 is 9.80 Å². The molecule has 0 aliphatic carbocycles. The van der Waals surface area contributed by atoms with E-state index in [1.54, 1.807) is 0 Å². The number of aliphatic imine (C=N–C) groups is 1. The summed E-state index contributed by atoms with van der Waals surface area (Å²) in [6.45, 7) is 12.0. The molecule has 0 N–H and O–H groups in total. The smallest absolute Gasteiger partial charge is 0.286 e. The van der Waals surface area contributed by atoms with Crippen LogP contribution in [0.5, 0.6) is 0 Å². The fourth-order valence-electron chi connectivity index (χ4n) is 3.97. The van der Waals surface area contributed by atoms with Gasteiger partial charge in [-0.15, -0.1) is 0 Å². The summed E-state index contributed by atoms with van der Waals surface area (Å²) >= 11 is 1.50. The molecule has 0 radical (unpaired) electrons. The molecule has 2 aliphatic heterocycles. The van der Waals surface area contributed by atoms with Crippen molar-refractivity contribution in [1.82, 2.24) is 4.90 Å². The summed E-state index contributed by atoms with van der Waals surface area (Å²) < 4.78 is 0. The minimum atomic E-state index is -0.131. The summed E-state index contributed by atoms with van der Waals surface area (Å²) in [7, 11) is 0. The number of carbonyl (C=O) groups excluding carboxylic acids is 1. The number of amidine groups is 1. The Hall–Kier alpha value is -2.73. The van der Waals surface area contributed by atoms with E-state index in [1.807, 2.05) is 6.08 Å². The number of amides is 1. The van der Waals surface area contributed by atoms with Crippen molar-refractivity contribution in [3.8, 4) is 0 Å². The Morgan fingerprint density at radius 2 is 1.55 bits per heavy atom. The van der Waals surface area contributed by atoms with Gasteiger partial charge in [0, 0.05) is 50.6 Å². The van der Waals surface area contributed by atoms with E-state index < -0.39 is 0 Å². The largest absolute Gasteiger partial charge is 0.372 e. The van der Waals surface area contributed by atoms with E-state index in [-0.39, 0.29) is 5.91 Å². The molecule has 1 amide bonds. The first-order chi connectivity index (χ1) is 15.1. The minimum absolute atomic E-state index is 0.131. The Kier molecular flexibility index (Phi) is 6.66. The van der Waals surface area contributed by atoms with Crippen LogP contribution in [0.2, 0.25) is 0 Å². The molecule has 2 aromatic carbocycles. The molecule has 0 bridgehead atoms. The Balaban J connectivity index is 1.37. The molecule has 2 aliphatic rings. The van der Waals surface area contributed by atoms with Crippen LogP contribution in [0.1, 0.15) is 25.0 Å². The van der Waals surface area contributed by atoms with Gasteiger partial charge < -0.3 is 14.7 Å². The van der Waals surface area contributed by atoms with Crippen LogP contribution in [0, 0.1) is 6.92 Å². The standard InChI is InChI=1S/C25H30N4OS/c1-4-27(5-2)21-12-8-20(9-13-21)18-23-24(30)26-25(31-23)29-16-14-28(15-17-29)22-10-6-19(3)7-11-22/h6-13,18H,4-5,14-17H2,1-3H3/b23-18+. The van der Waals surface area contributed by atoms with Crippen LogP contribution in [0.15, 0.2) is 58.4 Å². The van der Waals surface area contributed by atoms with Gasteiger partial charge in [-0.25, -0.2) is 0 Å². The van der Waals surface area contributed by atoms with Gasteiger partial charge in [0.1, 0.15) is 0 Å². The maximum absolute atomic E-state index is 12.5. The number of piperazine rings is 1. The number of aryl methyl sites for hydroxylation is 1. The van der Waals surface area contributed by atoms with E-state index >= 15 is 0 Å². The molecule has 0 atom stereocenters. The SMILES string of the molecule is CCN(CC)c1ccc(/C=C2/SC(N3CCN(c4ccc(C)cc4)CC3)=NC2=O)cc1. The second-order valence-corrected chi connectivity index (χ2v) is 8.89. The lowest BCUT2D eigenvalue weighted by atomic mass is 10.2. The molecule has 0 unspecified atom stereocenters. The van der Waals surface area contributed by atoms with Gasteiger partial charge in [-0.2, -0.15) is 4.99 Å². The second kappa shape index (κ2) is 9.60. The van der Waals surface area contributed by atoms with E-state index in [2.05, 4.69) is 89.0 Å². The summed E-state index contributed by atoms with van der Waals surface area (Å²) in [5.74, 6) is -0.131. The lowest BCUT2D eigenvalue weighted by Crippen LogP contribution is -2.47. The van der Waals surface area contributed by atoms with Gasteiger partial charge in [-0.3, -0.25) is 4.79 Å². The monoisotopic (exact) mass is 434 g/mol. The predicted molar refractivity (Wildman–Crippen MR) is 133 cm³/mol. The lowest BCUT2D eigenvalue weighted by Gasteiger charge is -2.36. The van der Waals surface area contributed by atoms with Crippen LogP contribution in [0.25, 0.3) is 6.08 Å². The van der Waals surface area contributed by atoms with Crippen molar-refractivity contribution < 1.29 is 4.79 Å². The van der Waals surface area contributed by atoms with E-state index in [0.717, 1.165) is 50.0 Å². The van der Waals surface area contributed by atoms with Crippen LogP contribution in [-0.4, -0.2) is 55.2 Å². The number of carbonyl (C=O) groups is 1. The molecule has 6 heteroatoms. The van der Waals surface area contributed by atoms with Crippen LogP contribution in [0.4, 0.5) is 11.4 Å². The average Bonchev–Trinajstić information content (AvgIpc) is 3.16. The summed E-state index contributed by atoms with van der Waals surface area (Å²) in [6, 6.07) is 17.1. The van der Waals surface area contributed by atoms with E-state index in [4.69, 9.17) is 0 Å². The molecule has 2 aromatic rings. The molecule has 0 saturated carbocycles. The number of hydrogen-bond donors (Lipinski definition) is 0. The number of rotatable bonds is 5. The average molecular weight is 435 g/mol. The fraction of sp³-hybridized carbons (Fsp3) is 0.360. The second-order valence-electron chi connectivity index (χ2n) is 7.88. The van der Waals surface area contributed by atoms with Crippen molar-refractivity contribution in [3.05, 3.63) is 64.6 Å². The first-order valence-corrected chi connectivity index (χ1v) is 11.8. The van der Waals surface area contributed by atoms with Crippen molar-refractivity contribution >= 4 is 40.3 Å². The first kappa shape index (κ1) is 21.5. The van der Waals surface area contributed by atoms with Crippen LogP contribution >= 0.6 is 11.8 Å². The molecule has 162 valence electrons. The number of hydrogen-bond acceptors (Lipinski definition) is 5. The van der Waals surface area contributed by atoms with E-state index in [0.29, 0.717) is 4.91 Å². The quantitative estimate of drug-likeness (QED) is 0.642. The first-order valence-electron chi connectivity index (χ1n) is 11.0. The zero-order valence-corrected chi connectivity index (χ0v) is 19.4. The summed E-state index contributed by atoms with van der Waals surface area (Å²) in [4.78, 5) is 24.5. The van der Waals surface area contributed by atoms with Crippen LogP contribution in [0.3, 0.4) is 0 Å². The molecule has 0 spiro atoms. The normalized spacial score (nSPS) is 18.0. The van der Waals surface area contributed by atoms with E-state index in [9.17, 15) is 4.79 Å². The third-order valence-electron chi connectivity index (χ3n) is 5.88. The molecule has 1 fully saturated rings. The fourth-order valence-corrected chi connectivity index (χ4v) is 4.93. The van der Waals surface area contributed by atoms with Crippen molar-refractivity contribution in [2.24, 2.45) is 4.99 Å². The molecule has 2 heterocycles.